The SMILES string of the molecule is Fc1ccc2occ(-c3nc4ccccc4n3-c3ccc(-c4ccccc4)cc3)c2c1. The Balaban J connectivity index is 1.57. The predicted molar refractivity (Wildman–Crippen MR) is 122 cm³/mol. The molecule has 2 heterocycles. The van der Waals surface area contributed by atoms with Gasteiger partial charge in [0.2, 0.25) is 0 Å². The van der Waals surface area contributed by atoms with Crippen molar-refractivity contribution in [2.75, 3.05) is 0 Å². The number of furan rings is 1. The van der Waals surface area contributed by atoms with Gasteiger partial charge in [-0.15, -0.1) is 0 Å². The number of para-hydroxylation sites is 2. The number of nitrogens with zero attached hydrogens (tertiary/aromatic N) is 2. The van der Waals surface area contributed by atoms with Crippen molar-refractivity contribution >= 4 is 22.0 Å². The minimum Gasteiger partial charge on any atom is -0.464 e. The molecule has 0 aliphatic heterocycles. The molecule has 0 spiro atoms. The molecule has 6 rings (SSSR count). The molecule has 31 heavy (non-hydrogen) atoms. The zero-order valence-corrected chi connectivity index (χ0v) is 16.5. The second-order valence-corrected chi connectivity index (χ2v) is 7.46. The van der Waals surface area contributed by atoms with Crippen molar-refractivity contribution in [2.24, 2.45) is 0 Å². The van der Waals surface area contributed by atoms with Gasteiger partial charge in [0.25, 0.3) is 0 Å². The molecule has 148 valence electrons. The van der Waals surface area contributed by atoms with Crippen LogP contribution in [0.3, 0.4) is 0 Å². The first-order chi connectivity index (χ1) is 15.3. The van der Waals surface area contributed by atoms with Gasteiger partial charge in [-0.1, -0.05) is 54.6 Å². The highest BCUT2D eigenvalue weighted by atomic mass is 19.1. The molecule has 0 aliphatic rings. The average molecular weight is 404 g/mol. The Bertz CT molecular complexity index is 1530. The first-order valence-electron chi connectivity index (χ1n) is 10.1. The minimum absolute atomic E-state index is 0.301. The van der Waals surface area contributed by atoms with Crippen molar-refractivity contribution in [3.63, 3.8) is 0 Å². The molecule has 4 heteroatoms. The second kappa shape index (κ2) is 6.96. The largest absolute Gasteiger partial charge is 0.464 e. The Hall–Kier alpha value is -4.18. The molecule has 0 saturated carbocycles. The highest BCUT2D eigenvalue weighted by Crippen LogP contribution is 2.35. The van der Waals surface area contributed by atoms with E-state index in [2.05, 4.69) is 41.0 Å². The fraction of sp³-hybridized carbons (Fsp3) is 0. The number of imidazole rings is 1. The quantitative estimate of drug-likeness (QED) is 0.311. The molecule has 0 amide bonds. The summed E-state index contributed by atoms with van der Waals surface area (Å²) in [5.41, 5.74) is 6.54. The first-order valence-corrected chi connectivity index (χ1v) is 10.1. The van der Waals surface area contributed by atoms with Gasteiger partial charge in [-0.25, -0.2) is 9.37 Å². The van der Waals surface area contributed by atoms with E-state index in [1.54, 1.807) is 12.3 Å². The first kappa shape index (κ1) is 17.7. The zero-order valence-electron chi connectivity index (χ0n) is 16.5. The van der Waals surface area contributed by atoms with E-state index in [1.807, 2.05) is 42.5 Å². The fourth-order valence-corrected chi connectivity index (χ4v) is 4.08. The van der Waals surface area contributed by atoms with E-state index in [-0.39, 0.29) is 5.82 Å². The van der Waals surface area contributed by atoms with Crippen molar-refractivity contribution in [3.8, 4) is 28.2 Å². The number of aromatic nitrogens is 2. The van der Waals surface area contributed by atoms with Crippen molar-refractivity contribution in [1.82, 2.24) is 9.55 Å². The summed E-state index contributed by atoms with van der Waals surface area (Å²) in [5.74, 6) is 0.419. The van der Waals surface area contributed by atoms with Crippen LogP contribution in [0.1, 0.15) is 0 Å². The summed E-state index contributed by atoms with van der Waals surface area (Å²) in [6.07, 6.45) is 1.65. The number of halogens is 1. The fourth-order valence-electron chi connectivity index (χ4n) is 4.08. The highest BCUT2D eigenvalue weighted by molar-refractivity contribution is 5.95. The van der Waals surface area contributed by atoms with Gasteiger partial charge >= 0.3 is 0 Å². The number of benzene rings is 4. The monoisotopic (exact) mass is 404 g/mol. The van der Waals surface area contributed by atoms with E-state index in [0.717, 1.165) is 33.7 Å². The van der Waals surface area contributed by atoms with Crippen LogP contribution in [0.25, 0.3) is 50.2 Å². The molecule has 3 nitrogen and oxygen atoms in total. The minimum atomic E-state index is -0.301. The van der Waals surface area contributed by atoms with Gasteiger partial charge in [-0.2, -0.15) is 0 Å². The third kappa shape index (κ3) is 2.92. The second-order valence-electron chi connectivity index (χ2n) is 7.46. The van der Waals surface area contributed by atoms with Crippen molar-refractivity contribution < 1.29 is 8.81 Å². The van der Waals surface area contributed by atoms with Crippen LogP contribution in [-0.2, 0) is 0 Å². The zero-order chi connectivity index (χ0) is 20.8. The van der Waals surface area contributed by atoms with Crippen LogP contribution in [0.5, 0.6) is 0 Å². The summed E-state index contributed by atoms with van der Waals surface area (Å²) >= 11 is 0. The Kier molecular flexibility index (Phi) is 3.96. The average Bonchev–Trinajstić information content (AvgIpc) is 3.40. The van der Waals surface area contributed by atoms with Crippen LogP contribution < -0.4 is 0 Å². The molecular formula is C27H17FN2O. The molecular weight excluding hydrogens is 387 g/mol. The Labute approximate surface area is 178 Å². The number of fused-ring (bicyclic) bond motifs is 2. The lowest BCUT2D eigenvalue weighted by Gasteiger charge is -2.10. The van der Waals surface area contributed by atoms with Gasteiger partial charge in [0.1, 0.15) is 23.5 Å². The third-order valence-electron chi connectivity index (χ3n) is 5.57. The van der Waals surface area contributed by atoms with E-state index in [9.17, 15) is 4.39 Å². The normalized spacial score (nSPS) is 11.4. The molecule has 0 bridgehead atoms. The summed E-state index contributed by atoms with van der Waals surface area (Å²) in [7, 11) is 0. The molecule has 6 aromatic rings. The van der Waals surface area contributed by atoms with Gasteiger partial charge < -0.3 is 4.42 Å². The molecule has 0 aliphatic carbocycles. The van der Waals surface area contributed by atoms with Gasteiger partial charge in [-0.05, 0) is 53.6 Å². The lowest BCUT2D eigenvalue weighted by atomic mass is 10.1. The van der Waals surface area contributed by atoms with E-state index in [1.165, 1.54) is 17.7 Å². The van der Waals surface area contributed by atoms with Crippen LogP contribution in [0.4, 0.5) is 4.39 Å². The van der Waals surface area contributed by atoms with E-state index in [0.29, 0.717) is 11.0 Å². The molecule has 4 aromatic carbocycles. The van der Waals surface area contributed by atoms with Crippen LogP contribution >= 0.6 is 0 Å². The standard InChI is InChI=1S/C27H17FN2O/c28-20-12-15-26-22(16-20)23(17-31-26)27-29-24-8-4-5-9-25(24)30(27)21-13-10-19(11-14-21)18-6-2-1-3-7-18/h1-17H. The number of rotatable bonds is 3. The molecule has 0 radical (unpaired) electrons. The number of hydrogen-bond donors (Lipinski definition) is 0. The molecule has 0 saturated heterocycles. The lowest BCUT2D eigenvalue weighted by Crippen LogP contribution is -1.97. The summed E-state index contributed by atoms with van der Waals surface area (Å²) in [6.45, 7) is 0. The van der Waals surface area contributed by atoms with E-state index < -0.39 is 0 Å². The van der Waals surface area contributed by atoms with Crippen LogP contribution in [0.15, 0.2) is 108 Å². The third-order valence-corrected chi connectivity index (χ3v) is 5.57. The van der Waals surface area contributed by atoms with Gasteiger partial charge in [0, 0.05) is 11.1 Å². The summed E-state index contributed by atoms with van der Waals surface area (Å²) in [4.78, 5) is 4.87. The smallest absolute Gasteiger partial charge is 0.149 e. The molecule has 2 aromatic heterocycles. The predicted octanol–water partition coefficient (Wildman–Crippen LogP) is 7.24. The molecule has 0 fully saturated rings. The van der Waals surface area contributed by atoms with E-state index >= 15 is 0 Å². The maximum absolute atomic E-state index is 14.0. The van der Waals surface area contributed by atoms with Crippen LogP contribution in [0.2, 0.25) is 0 Å². The van der Waals surface area contributed by atoms with E-state index in [4.69, 9.17) is 9.40 Å². The van der Waals surface area contributed by atoms with Crippen molar-refractivity contribution in [3.05, 3.63) is 109 Å². The number of hydrogen-bond acceptors (Lipinski definition) is 2. The Morgan fingerprint density at radius 3 is 2.32 bits per heavy atom. The summed E-state index contributed by atoms with van der Waals surface area (Å²) < 4.78 is 21.8. The van der Waals surface area contributed by atoms with Gasteiger partial charge in [-0.3, -0.25) is 4.57 Å². The molecule has 0 N–H and O–H groups in total. The lowest BCUT2D eigenvalue weighted by molar-refractivity contribution is 0.610. The van der Waals surface area contributed by atoms with Crippen LogP contribution in [-0.4, -0.2) is 9.55 Å². The van der Waals surface area contributed by atoms with Gasteiger partial charge in [0.05, 0.1) is 16.6 Å². The Morgan fingerprint density at radius 1 is 0.742 bits per heavy atom. The maximum Gasteiger partial charge on any atom is 0.149 e. The highest BCUT2D eigenvalue weighted by Gasteiger charge is 2.18. The summed E-state index contributed by atoms with van der Waals surface area (Å²) in [6, 6.07) is 31.2. The van der Waals surface area contributed by atoms with Crippen molar-refractivity contribution in [2.45, 2.75) is 0 Å². The summed E-state index contributed by atoms with van der Waals surface area (Å²) in [5, 5.41) is 0.706. The molecule has 0 unspecified atom stereocenters. The molecule has 0 atom stereocenters. The maximum atomic E-state index is 14.0. The van der Waals surface area contributed by atoms with Crippen molar-refractivity contribution in [1.29, 1.82) is 0 Å². The van der Waals surface area contributed by atoms with Crippen LogP contribution in [0, 0.1) is 5.82 Å². The Morgan fingerprint density at radius 2 is 1.48 bits per heavy atom. The topological polar surface area (TPSA) is 31.0 Å². The van der Waals surface area contributed by atoms with Gasteiger partial charge in [0.15, 0.2) is 0 Å².